The second kappa shape index (κ2) is 19.7. The Labute approximate surface area is 346 Å². The monoisotopic (exact) mass is 835 g/mol. The minimum atomic E-state index is -2.09. The van der Waals surface area contributed by atoms with E-state index in [2.05, 4.69) is 15.6 Å². The predicted octanol–water partition coefficient (Wildman–Crippen LogP) is 4.07. The highest BCUT2D eigenvalue weighted by molar-refractivity contribution is 6.33. The number of Topliss-reactive ketones (excluding diaryl/α,β-unsaturated/α-hetero) is 2. The molecule has 0 spiro atoms. The van der Waals surface area contributed by atoms with E-state index in [0.717, 1.165) is 0 Å². The molecule has 13 atom stereocenters. The van der Waals surface area contributed by atoms with Gasteiger partial charge in [0.05, 0.1) is 41.5 Å². The van der Waals surface area contributed by atoms with Crippen LogP contribution in [0.25, 0.3) is 11.3 Å². The van der Waals surface area contributed by atoms with Gasteiger partial charge >= 0.3 is 12.1 Å². The molecule has 2 fully saturated rings. The van der Waals surface area contributed by atoms with Crippen LogP contribution in [0.5, 0.6) is 0 Å². The summed E-state index contributed by atoms with van der Waals surface area (Å²) in [7, 11) is 5.12. The number of aromatic nitrogens is 3. The number of hydrogen-bond donors (Lipinski definition) is 3. The summed E-state index contributed by atoms with van der Waals surface area (Å²) in [6.07, 6.45) is -5.12. The molecule has 2 aliphatic heterocycles. The fourth-order valence-electron chi connectivity index (χ4n) is 8.27. The highest BCUT2D eigenvalue weighted by Crippen LogP contribution is 2.39. The number of cyclic esters (lactones) is 1. The average molecular weight is 836 g/mol. The summed E-state index contributed by atoms with van der Waals surface area (Å²) in [5, 5.41) is 34.9. The normalized spacial score (nSPS) is 35.6. The van der Waals surface area contributed by atoms with E-state index in [4.69, 9.17) is 35.3 Å². The zero-order chi connectivity index (χ0) is 43.3. The van der Waals surface area contributed by atoms with Gasteiger partial charge in [-0.15, -0.1) is 5.10 Å². The second-order valence-electron chi connectivity index (χ2n) is 16.5. The Morgan fingerprint density at radius 2 is 1.72 bits per heavy atom. The second-order valence-corrected chi connectivity index (χ2v) is 16.9. The van der Waals surface area contributed by atoms with E-state index in [-0.39, 0.29) is 38.1 Å². The number of nitrogens with one attached hydrogen (secondary N) is 1. The lowest BCUT2D eigenvalue weighted by Gasteiger charge is -2.47. The number of aliphatic hydroxyl groups excluding tert-OH is 1. The number of amides is 1. The van der Waals surface area contributed by atoms with Crippen molar-refractivity contribution in [2.75, 3.05) is 27.7 Å². The first-order valence-electron chi connectivity index (χ1n) is 20.0. The Hall–Kier alpha value is -3.51. The van der Waals surface area contributed by atoms with E-state index in [1.54, 1.807) is 52.9 Å². The molecule has 0 bridgehead atoms. The quantitative estimate of drug-likeness (QED) is 0.229. The summed E-state index contributed by atoms with van der Waals surface area (Å²) in [6.45, 7) is 13.1. The van der Waals surface area contributed by atoms with Crippen LogP contribution >= 0.6 is 11.6 Å². The molecular weight excluding hydrogens is 774 g/mol. The lowest BCUT2D eigenvalue weighted by Crippen LogP contribution is -2.60. The molecule has 58 heavy (non-hydrogen) atoms. The van der Waals surface area contributed by atoms with E-state index in [1.165, 1.54) is 25.6 Å². The van der Waals surface area contributed by atoms with Crippen molar-refractivity contribution in [3.8, 4) is 11.3 Å². The number of ether oxygens (including phenoxy) is 5. The van der Waals surface area contributed by atoms with E-state index in [0.29, 0.717) is 22.7 Å². The SMILES string of the molecule is CC[C@H]1OC(=O)[C@H](C)C(=O)[C@H](C)[C@@H](O[C@H]2O[C@@H](C)C[C@@H](N(C)C)[C@@H]2O)[C@](C)(OC)C[C@@H](C)C(=O)[C@H](C)[C@@H](OC(=O)NCCn2cc(-c3ccccc3Cl)nn2)[C@]1(C)O. The topological polar surface area (TPSA) is 201 Å². The molecule has 2 aliphatic rings. The van der Waals surface area contributed by atoms with Gasteiger partial charge in [0, 0.05) is 37.1 Å². The van der Waals surface area contributed by atoms with Crippen molar-refractivity contribution in [3.05, 3.63) is 35.5 Å². The number of benzene rings is 1. The van der Waals surface area contributed by atoms with E-state index in [1.807, 2.05) is 38.1 Å². The van der Waals surface area contributed by atoms with Crippen molar-refractivity contribution in [1.29, 1.82) is 0 Å². The standard InChI is InChI=1S/C41H62ClN5O11/c1-12-31-41(8,53)36(58-39(52)43-17-18-47-21-29(44-45-47)27-15-13-14-16-28(27)42)24(4)32(48)22(2)20-40(7,54-11)35(25(5)33(49)26(6)37(51)56-31)57-38-34(50)30(46(9)10)19-23(3)55-38/h13-16,21-26,30-31,34-36,38,50,53H,12,17-20H2,1-11H3,(H,43,52)/t22-,23+,24+,25+,26-,30-,31-,34+,35-,36-,38-,40-,41-/m1/s1. The van der Waals surface area contributed by atoms with Crippen molar-refractivity contribution in [2.45, 2.75) is 135 Å². The summed E-state index contributed by atoms with van der Waals surface area (Å²) < 4.78 is 31.9. The summed E-state index contributed by atoms with van der Waals surface area (Å²) >= 11 is 6.30. The summed E-state index contributed by atoms with van der Waals surface area (Å²) in [5.41, 5.74) is -2.20. The molecule has 16 nitrogen and oxygen atoms in total. The molecule has 4 rings (SSSR count). The molecule has 3 N–H and O–H groups in total. The smallest absolute Gasteiger partial charge is 0.407 e. The Balaban J connectivity index is 1.62. The van der Waals surface area contributed by atoms with Crippen LogP contribution in [-0.4, -0.2) is 136 Å². The van der Waals surface area contributed by atoms with Crippen LogP contribution in [0.4, 0.5) is 4.79 Å². The number of halogens is 1. The maximum absolute atomic E-state index is 14.4. The maximum Gasteiger partial charge on any atom is 0.407 e. The third-order valence-corrected chi connectivity index (χ3v) is 12.1. The summed E-state index contributed by atoms with van der Waals surface area (Å²) in [4.78, 5) is 57.6. The highest BCUT2D eigenvalue weighted by atomic mass is 35.5. The Morgan fingerprint density at radius 1 is 1.07 bits per heavy atom. The van der Waals surface area contributed by atoms with Gasteiger partial charge in [0.1, 0.15) is 41.3 Å². The number of ketones is 2. The summed E-state index contributed by atoms with van der Waals surface area (Å²) in [6, 6.07) is 6.88. The fourth-order valence-corrected chi connectivity index (χ4v) is 8.50. The first kappa shape index (κ1) is 47.2. The van der Waals surface area contributed by atoms with Crippen LogP contribution in [0.1, 0.15) is 74.7 Å². The third-order valence-electron chi connectivity index (χ3n) is 11.8. The van der Waals surface area contributed by atoms with Gasteiger partial charge in [-0.3, -0.25) is 19.1 Å². The molecule has 0 aliphatic carbocycles. The number of hydrogen-bond acceptors (Lipinski definition) is 14. The molecule has 2 saturated heterocycles. The number of carbonyl (C=O) groups excluding carboxylic acids is 4. The zero-order valence-corrected chi connectivity index (χ0v) is 36.3. The Kier molecular flexibility index (Phi) is 16.0. The van der Waals surface area contributed by atoms with Gasteiger partial charge in [-0.1, -0.05) is 62.7 Å². The minimum absolute atomic E-state index is 0.00954. The van der Waals surface area contributed by atoms with Crippen LogP contribution in [0.15, 0.2) is 30.5 Å². The number of methoxy groups -OCH3 is 1. The maximum atomic E-state index is 14.4. The number of alkyl carbamates (subject to hydrolysis) is 1. The van der Waals surface area contributed by atoms with Gasteiger partial charge in [0.25, 0.3) is 0 Å². The van der Waals surface area contributed by atoms with Crippen LogP contribution in [0, 0.1) is 23.7 Å². The minimum Gasteiger partial charge on any atom is -0.459 e. The largest absolute Gasteiger partial charge is 0.459 e. The van der Waals surface area contributed by atoms with Gasteiger partial charge < -0.3 is 44.1 Å². The summed E-state index contributed by atoms with van der Waals surface area (Å²) in [5.74, 6) is -6.12. The number of aliphatic hydroxyl groups is 2. The molecule has 2 aromatic rings. The van der Waals surface area contributed by atoms with Gasteiger partial charge in [0.2, 0.25) is 0 Å². The van der Waals surface area contributed by atoms with Crippen molar-refractivity contribution in [3.63, 3.8) is 0 Å². The zero-order valence-electron chi connectivity index (χ0n) is 35.5. The van der Waals surface area contributed by atoms with Crippen LogP contribution in [0.2, 0.25) is 5.02 Å². The molecule has 1 aromatic heterocycles. The van der Waals surface area contributed by atoms with Gasteiger partial charge in [0.15, 0.2) is 12.1 Å². The predicted molar refractivity (Wildman–Crippen MR) is 214 cm³/mol. The van der Waals surface area contributed by atoms with Crippen molar-refractivity contribution < 1.29 is 53.1 Å². The third kappa shape index (κ3) is 10.6. The number of esters is 1. The lowest BCUT2D eigenvalue weighted by molar-refractivity contribution is -0.295. The van der Waals surface area contributed by atoms with Crippen LogP contribution in [-0.2, 0) is 44.6 Å². The molecular formula is C41H62ClN5O11. The number of likely N-dealkylation sites (N-methyl/N-ethyl adjacent to an activating group) is 1. The van der Waals surface area contributed by atoms with Crippen LogP contribution < -0.4 is 5.32 Å². The Morgan fingerprint density at radius 3 is 2.34 bits per heavy atom. The first-order valence-corrected chi connectivity index (χ1v) is 20.3. The van der Waals surface area contributed by atoms with Crippen molar-refractivity contribution in [1.82, 2.24) is 25.2 Å². The van der Waals surface area contributed by atoms with E-state index >= 15 is 0 Å². The van der Waals surface area contributed by atoms with Crippen molar-refractivity contribution >= 4 is 35.2 Å². The van der Waals surface area contributed by atoms with E-state index < -0.39 is 89.2 Å². The molecule has 0 radical (unpaired) electrons. The van der Waals surface area contributed by atoms with E-state index in [9.17, 15) is 29.4 Å². The highest BCUT2D eigenvalue weighted by Gasteiger charge is 2.53. The molecule has 1 amide bonds. The number of carbonyl (C=O) groups is 4. The number of nitrogens with zero attached hydrogens (tertiary/aromatic N) is 4. The van der Waals surface area contributed by atoms with Crippen molar-refractivity contribution in [2.24, 2.45) is 23.7 Å². The Bertz CT molecular complexity index is 1740. The molecule has 0 saturated carbocycles. The number of rotatable bonds is 10. The molecule has 3 heterocycles. The van der Waals surface area contributed by atoms with Gasteiger partial charge in [-0.05, 0) is 67.1 Å². The lowest BCUT2D eigenvalue weighted by atomic mass is 9.74. The fraction of sp³-hybridized carbons (Fsp3) is 0.707. The molecule has 17 heteroatoms. The van der Waals surface area contributed by atoms with Gasteiger partial charge in [-0.2, -0.15) is 0 Å². The van der Waals surface area contributed by atoms with Crippen LogP contribution in [0.3, 0.4) is 0 Å². The molecule has 1 aromatic carbocycles. The molecule has 324 valence electrons. The molecule has 0 unspecified atom stereocenters. The first-order chi connectivity index (χ1) is 27.2. The average Bonchev–Trinajstić information content (AvgIpc) is 3.65. The van der Waals surface area contributed by atoms with Gasteiger partial charge in [-0.25, -0.2) is 4.79 Å².